The number of anilines is 1. The van der Waals surface area contributed by atoms with Gasteiger partial charge in [0.25, 0.3) is 0 Å². The second-order valence-corrected chi connectivity index (χ2v) is 4.58. The Morgan fingerprint density at radius 2 is 2.11 bits per heavy atom. The molecule has 3 nitrogen and oxygen atoms in total. The van der Waals surface area contributed by atoms with Crippen molar-refractivity contribution < 1.29 is 9.21 Å². The molecule has 1 amide bonds. The van der Waals surface area contributed by atoms with Crippen molar-refractivity contribution in [3.63, 3.8) is 0 Å². The highest BCUT2D eigenvalue weighted by atomic mass is 16.3. The second-order valence-electron chi connectivity index (χ2n) is 4.58. The molecule has 2 aromatic rings. The molecule has 1 aromatic carbocycles. The van der Waals surface area contributed by atoms with Crippen molar-refractivity contribution in [3.8, 4) is 11.3 Å². The van der Waals surface area contributed by atoms with Gasteiger partial charge < -0.3 is 9.32 Å². The van der Waals surface area contributed by atoms with Gasteiger partial charge in [-0.25, -0.2) is 0 Å². The number of hydrogen-bond donors (Lipinski definition) is 0. The zero-order valence-corrected chi connectivity index (χ0v) is 10.3. The van der Waals surface area contributed by atoms with Gasteiger partial charge in [-0.05, 0) is 37.1 Å². The Hall–Kier alpha value is -2.03. The van der Waals surface area contributed by atoms with E-state index in [1.807, 2.05) is 42.2 Å². The molecule has 92 valence electrons. The van der Waals surface area contributed by atoms with Gasteiger partial charge in [0, 0.05) is 24.2 Å². The van der Waals surface area contributed by atoms with Crippen LogP contribution in [0.1, 0.15) is 18.4 Å². The molecule has 1 fully saturated rings. The largest absolute Gasteiger partial charge is 0.464 e. The summed E-state index contributed by atoms with van der Waals surface area (Å²) >= 11 is 0. The predicted octanol–water partition coefficient (Wildman–Crippen LogP) is 3.38. The highest BCUT2D eigenvalue weighted by Gasteiger charge is 2.23. The Balaban J connectivity index is 2.07. The summed E-state index contributed by atoms with van der Waals surface area (Å²) in [6, 6.07) is 9.83. The van der Waals surface area contributed by atoms with Gasteiger partial charge in [0.1, 0.15) is 5.76 Å². The molecular weight excluding hydrogens is 226 g/mol. The number of rotatable bonds is 2. The lowest BCUT2D eigenvalue weighted by molar-refractivity contribution is -0.117. The predicted molar refractivity (Wildman–Crippen MR) is 70.5 cm³/mol. The minimum Gasteiger partial charge on any atom is -0.464 e. The number of nitrogens with zero attached hydrogens (tertiary/aromatic N) is 1. The first kappa shape index (κ1) is 11.1. The maximum absolute atomic E-state index is 11.8. The smallest absolute Gasteiger partial charge is 0.227 e. The molecule has 0 spiro atoms. The Bertz CT molecular complexity index is 572. The average molecular weight is 241 g/mol. The van der Waals surface area contributed by atoms with Gasteiger partial charge in [-0.15, -0.1) is 0 Å². The van der Waals surface area contributed by atoms with E-state index >= 15 is 0 Å². The number of carbonyl (C=O) groups excluding carboxylic acids is 1. The zero-order valence-electron chi connectivity index (χ0n) is 10.3. The highest BCUT2D eigenvalue weighted by Crippen LogP contribution is 2.32. The van der Waals surface area contributed by atoms with Crippen LogP contribution in [0.4, 0.5) is 5.69 Å². The lowest BCUT2D eigenvalue weighted by Gasteiger charge is -2.19. The van der Waals surface area contributed by atoms with E-state index in [2.05, 4.69) is 0 Å². The van der Waals surface area contributed by atoms with Crippen LogP contribution in [0.15, 0.2) is 41.0 Å². The molecule has 3 rings (SSSR count). The minimum absolute atomic E-state index is 0.217. The van der Waals surface area contributed by atoms with Crippen molar-refractivity contribution in [2.45, 2.75) is 19.8 Å². The van der Waals surface area contributed by atoms with Crippen LogP contribution in [0.5, 0.6) is 0 Å². The van der Waals surface area contributed by atoms with Gasteiger partial charge in [-0.1, -0.05) is 12.1 Å². The van der Waals surface area contributed by atoms with Crippen molar-refractivity contribution in [2.24, 2.45) is 0 Å². The van der Waals surface area contributed by atoms with Crippen molar-refractivity contribution in [1.29, 1.82) is 0 Å². The quantitative estimate of drug-likeness (QED) is 0.807. The lowest BCUT2D eigenvalue weighted by atomic mass is 10.0. The normalized spacial score (nSPS) is 15.4. The third kappa shape index (κ3) is 1.72. The van der Waals surface area contributed by atoms with Crippen LogP contribution in [0, 0.1) is 6.92 Å². The van der Waals surface area contributed by atoms with Crippen LogP contribution in [-0.2, 0) is 4.79 Å². The second kappa shape index (κ2) is 4.33. The molecule has 2 heterocycles. The Labute approximate surface area is 106 Å². The molecule has 3 heteroatoms. The van der Waals surface area contributed by atoms with E-state index in [0.29, 0.717) is 6.42 Å². The highest BCUT2D eigenvalue weighted by molar-refractivity contribution is 5.97. The molecule has 18 heavy (non-hydrogen) atoms. The Morgan fingerprint density at radius 1 is 1.22 bits per heavy atom. The maximum Gasteiger partial charge on any atom is 0.227 e. The van der Waals surface area contributed by atoms with E-state index in [9.17, 15) is 4.79 Å². The first-order valence-electron chi connectivity index (χ1n) is 6.21. The van der Waals surface area contributed by atoms with Gasteiger partial charge in [0.15, 0.2) is 0 Å². The zero-order chi connectivity index (χ0) is 12.5. The number of furan rings is 1. The first-order chi connectivity index (χ1) is 8.77. The maximum atomic E-state index is 11.8. The van der Waals surface area contributed by atoms with Crippen molar-refractivity contribution >= 4 is 11.6 Å². The molecule has 0 atom stereocenters. The average Bonchev–Trinajstić information content (AvgIpc) is 3.01. The molecule has 0 unspecified atom stereocenters. The summed E-state index contributed by atoms with van der Waals surface area (Å²) in [6.45, 7) is 2.86. The molecule has 0 saturated carbocycles. The molecule has 0 aliphatic carbocycles. The van der Waals surface area contributed by atoms with Gasteiger partial charge in [0.2, 0.25) is 5.91 Å². The third-order valence-corrected chi connectivity index (χ3v) is 3.46. The SMILES string of the molecule is Cc1c(-c2ccco2)cccc1N1CCCC1=O. The summed E-state index contributed by atoms with van der Waals surface area (Å²) in [5.41, 5.74) is 3.16. The molecule has 1 aliphatic heterocycles. The summed E-state index contributed by atoms with van der Waals surface area (Å²) < 4.78 is 5.44. The van der Waals surface area contributed by atoms with Crippen LogP contribution >= 0.6 is 0 Å². The number of benzene rings is 1. The van der Waals surface area contributed by atoms with Crippen LogP contribution in [0.25, 0.3) is 11.3 Å². The van der Waals surface area contributed by atoms with Crippen LogP contribution in [0.3, 0.4) is 0 Å². The fourth-order valence-corrected chi connectivity index (χ4v) is 2.52. The molecule has 1 aliphatic rings. The molecule has 0 N–H and O–H groups in total. The Kier molecular flexibility index (Phi) is 2.67. The van der Waals surface area contributed by atoms with E-state index in [-0.39, 0.29) is 5.91 Å². The van der Waals surface area contributed by atoms with Crippen LogP contribution in [0.2, 0.25) is 0 Å². The van der Waals surface area contributed by atoms with E-state index in [1.54, 1.807) is 6.26 Å². The molecule has 1 aromatic heterocycles. The van der Waals surface area contributed by atoms with Crippen molar-refractivity contribution in [1.82, 2.24) is 0 Å². The fraction of sp³-hybridized carbons (Fsp3) is 0.267. The van der Waals surface area contributed by atoms with E-state index in [0.717, 1.165) is 35.5 Å². The minimum atomic E-state index is 0.217. The molecular formula is C15H15NO2. The van der Waals surface area contributed by atoms with Gasteiger partial charge in [-0.3, -0.25) is 4.79 Å². The van der Waals surface area contributed by atoms with E-state index < -0.39 is 0 Å². The van der Waals surface area contributed by atoms with E-state index in [1.165, 1.54) is 0 Å². The van der Waals surface area contributed by atoms with Crippen molar-refractivity contribution in [3.05, 3.63) is 42.2 Å². The molecule has 0 bridgehead atoms. The summed E-state index contributed by atoms with van der Waals surface area (Å²) in [5, 5.41) is 0. The number of hydrogen-bond acceptors (Lipinski definition) is 2. The Morgan fingerprint density at radius 3 is 2.78 bits per heavy atom. The summed E-state index contributed by atoms with van der Waals surface area (Å²) in [6.07, 6.45) is 3.27. The van der Waals surface area contributed by atoms with E-state index in [4.69, 9.17) is 4.42 Å². The molecule has 0 radical (unpaired) electrons. The van der Waals surface area contributed by atoms with Crippen LogP contribution < -0.4 is 4.90 Å². The summed E-state index contributed by atoms with van der Waals surface area (Å²) in [7, 11) is 0. The molecule has 1 saturated heterocycles. The summed E-state index contributed by atoms with van der Waals surface area (Å²) in [5.74, 6) is 1.07. The van der Waals surface area contributed by atoms with Gasteiger partial charge in [-0.2, -0.15) is 0 Å². The lowest BCUT2D eigenvalue weighted by Crippen LogP contribution is -2.24. The van der Waals surface area contributed by atoms with Gasteiger partial charge >= 0.3 is 0 Å². The standard InChI is InChI=1S/C15H15NO2/c1-11-12(14-7-4-10-18-14)5-2-6-13(11)16-9-3-8-15(16)17/h2,4-7,10H,3,8-9H2,1H3. The first-order valence-corrected chi connectivity index (χ1v) is 6.21. The monoisotopic (exact) mass is 241 g/mol. The van der Waals surface area contributed by atoms with Crippen molar-refractivity contribution in [2.75, 3.05) is 11.4 Å². The third-order valence-electron chi connectivity index (χ3n) is 3.46. The van der Waals surface area contributed by atoms with Gasteiger partial charge in [0.05, 0.1) is 6.26 Å². The van der Waals surface area contributed by atoms with Crippen LogP contribution in [-0.4, -0.2) is 12.5 Å². The number of carbonyl (C=O) groups is 1. The fourth-order valence-electron chi connectivity index (χ4n) is 2.52. The topological polar surface area (TPSA) is 33.5 Å². The summed E-state index contributed by atoms with van der Waals surface area (Å²) in [4.78, 5) is 13.7. The number of amides is 1.